The van der Waals surface area contributed by atoms with Crippen molar-refractivity contribution in [2.45, 2.75) is 25.4 Å². The van der Waals surface area contributed by atoms with Crippen LogP contribution in [0.1, 0.15) is 19.3 Å². The van der Waals surface area contributed by atoms with E-state index in [1.807, 2.05) is 6.07 Å². The lowest BCUT2D eigenvalue weighted by molar-refractivity contribution is -0.150. The Balaban J connectivity index is 1.13. The van der Waals surface area contributed by atoms with E-state index in [1.54, 1.807) is 6.20 Å². The second kappa shape index (κ2) is 7.71. The van der Waals surface area contributed by atoms with Crippen molar-refractivity contribution in [2.75, 3.05) is 55.6 Å². The Morgan fingerprint density at radius 2 is 1.72 bits per heavy atom. The number of piperazine rings is 1. The van der Waals surface area contributed by atoms with Gasteiger partial charge >= 0.3 is 5.97 Å². The third-order valence-electron chi connectivity index (χ3n) is 6.74. The molecule has 0 aliphatic carbocycles. The maximum atomic E-state index is 12.7. The first-order valence-electron chi connectivity index (χ1n) is 10.6. The molecule has 3 fully saturated rings. The number of nitrogens with zero attached hydrogens (tertiary/aromatic N) is 4. The molecule has 5 rings (SSSR count). The summed E-state index contributed by atoms with van der Waals surface area (Å²) >= 11 is 0. The number of hydrogen-bond acceptors (Lipinski definition) is 7. The lowest BCUT2D eigenvalue weighted by atomic mass is 9.76. The number of aromatic nitrogens is 1. The molecule has 1 aromatic heterocycles. The van der Waals surface area contributed by atoms with Gasteiger partial charge in [-0.3, -0.25) is 9.69 Å². The van der Waals surface area contributed by atoms with Crippen molar-refractivity contribution in [3.63, 3.8) is 0 Å². The molecule has 0 bridgehead atoms. The van der Waals surface area contributed by atoms with E-state index in [9.17, 15) is 4.79 Å². The summed E-state index contributed by atoms with van der Waals surface area (Å²) < 4.78 is 11.1. The van der Waals surface area contributed by atoms with Crippen LogP contribution in [-0.4, -0.2) is 67.9 Å². The summed E-state index contributed by atoms with van der Waals surface area (Å²) in [7, 11) is 0. The Kier molecular flexibility index (Phi) is 4.91. The zero-order chi connectivity index (χ0) is 19.7. The van der Waals surface area contributed by atoms with Gasteiger partial charge in [0.2, 0.25) is 5.88 Å². The molecule has 7 nitrogen and oxygen atoms in total. The SMILES string of the molecule is O=C1OC(CN2CCN(c3ccccc3)CC2)CC12CCN(c1ccno1)CC2. The molecule has 0 saturated carbocycles. The summed E-state index contributed by atoms with van der Waals surface area (Å²) in [6.45, 7) is 6.52. The van der Waals surface area contributed by atoms with Crippen LogP contribution in [0.25, 0.3) is 0 Å². The van der Waals surface area contributed by atoms with Gasteiger partial charge in [0.1, 0.15) is 6.10 Å². The van der Waals surface area contributed by atoms with Gasteiger partial charge in [0.15, 0.2) is 0 Å². The molecule has 7 heteroatoms. The van der Waals surface area contributed by atoms with Crippen LogP contribution in [0.15, 0.2) is 47.1 Å². The summed E-state index contributed by atoms with van der Waals surface area (Å²) in [6, 6.07) is 12.5. The van der Waals surface area contributed by atoms with Crippen molar-refractivity contribution in [1.29, 1.82) is 0 Å². The minimum absolute atomic E-state index is 0.00245. The molecule has 0 amide bonds. The Hall–Kier alpha value is -2.54. The van der Waals surface area contributed by atoms with Gasteiger partial charge in [-0.05, 0) is 25.0 Å². The first-order valence-corrected chi connectivity index (χ1v) is 10.6. The molecule has 29 heavy (non-hydrogen) atoms. The number of rotatable bonds is 4. The van der Waals surface area contributed by atoms with Crippen molar-refractivity contribution in [2.24, 2.45) is 5.41 Å². The van der Waals surface area contributed by atoms with Crippen molar-refractivity contribution in [3.8, 4) is 0 Å². The molecular weight excluding hydrogens is 368 g/mol. The van der Waals surface area contributed by atoms with Crippen molar-refractivity contribution in [1.82, 2.24) is 10.1 Å². The molecule has 3 aliphatic rings. The molecule has 0 radical (unpaired) electrons. The fourth-order valence-electron chi connectivity index (χ4n) is 4.99. The van der Waals surface area contributed by atoms with Crippen LogP contribution in [0.4, 0.5) is 11.6 Å². The average molecular weight is 396 g/mol. The van der Waals surface area contributed by atoms with E-state index in [2.05, 4.69) is 50.2 Å². The number of para-hydroxylation sites is 1. The van der Waals surface area contributed by atoms with Crippen molar-refractivity contribution < 1.29 is 14.1 Å². The second-order valence-electron chi connectivity index (χ2n) is 8.47. The molecule has 3 aliphatic heterocycles. The molecule has 1 unspecified atom stereocenters. The predicted octanol–water partition coefficient (Wildman–Crippen LogP) is 2.40. The number of piperidine rings is 1. The summed E-state index contributed by atoms with van der Waals surface area (Å²) in [6.07, 6.45) is 4.17. The molecule has 0 N–H and O–H groups in total. The van der Waals surface area contributed by atoms with Gasteiger partial charge in [-0.1, -0.05) is 23.4 Å². The number of esters is 1. The minimum atomic E-state index is -0.312. The molecule has 2 aromatic rings. The first kappa shape index (κ1) is 18.5. The highest BCUT2D eigenvalue weighted by molar-refractivity contribution is 5.79. The quantitative estimate of drug-likeness (QED) is 0.736. The van der Waals surface area contributed by atoms with Crippen LogP contribution in [0, 0.1) is 5.41 Å². The van der Waals surface area contributed by atoms with Gasteiger partial charge in [-0.15, -0.1) is 0 Å². The Morgan fingerprint density at radius 1 is 0.966 bits per heavy atom. The third-order valence-corrected chi connectivity index (χ3v) is 6.74. The monoisotopic (exact) mass is 396 g/mol. The van der Waals surface area contributed by atoms with Crippen LogP contribution in [0.5, 0.6) is 0 Å². The number of ether oxygens (including phenoxy) is 1. The highest BCUT2D eigenvalue weighted by Crippen LogP contribution is 2.44. The number of benzene rings is 1. The number of cyclic esters (lactones) is 1. The van der Waals surface area contributed by atoms with Gasteiger partial charge in [0.05, 0.1) is 11.6 Å². The predicted molar refractivity (Wildman–Crippen MR) is 110 cm³/mol. The number of carbonyl (C=O) groups excluding carboxylic acids is 1. The van der Waals surface area contributed by atoms with Crippen LogP contribution in [-0.2, 0) is 9.53 Å². The molecular formula is C22H28N4O3. The van der Waals surface area contributed by atoms with Crippen LogP contribution >= 0.6 is 0 Å². The number of carbonyl (C=O) groups is 1. The Bertz CT molecular complexity index is 810. The van der Waals surface area contributed by atoms with E-state index in [0.29, 0.717) is 0 Å². The number of hydrogen-bond donors (Lipinski definition) is 0. The molecule has 3 saturated heterocycles. The molecule has 1 spiro atoms. The van der Waals surface area contributed by atoms with Crippen LogP contribution < -0.4 is 9.80 Å². The lowest BCUT2D eigenvalue weighted by Crippen LogP contribution is -2.48. The first-order chi connectivity index (χ1) is 14.2. The van der Waals surface area contributed by atoms with Gasteiger partial charge in [-0.2, -0.15) is 0 Å². The number of anilines is 2. The molecule has 1 atom stereocenters. The molecule has 1 aromatic carbocycles. The standard InChI is InChI=1S/C22H28N4O3/c27-21-22(7-10-26(11-8-22)20-6-9-23-29-20)16-19(28-21)17-24-12-14-25(15-13-24)18-4-2-1-3-5-18/h1-6,9,19H,7-8,10-17H2. The maximum Gasteiger partial charge on any atom is 0.312 e. The van der Waals surface area contributed by atoms with Crippen molar-refractivity contribution in [3.05, 3.63) is 42.6 Å². The lowest BCUT2D eigenvalue weighted by Gasteiger charge is -2.37. The summed E-state index contributed by atoms with van der Waals surface area (Å²) in [5.41, 5.74) is 0.976. The summed E-state index contributed by atoms with van der Waals surface area (Å²) in [5.74, 6) is 0.793. The van der Waals surface area contributed by atoms with Gasteiger partial charge in [0.25, 0.3) is 0 Å². The zero-order valence-electron chi connectivity index (χ0n) is 16.7. The van der Waals surface area contributed by atoms with Gasteiger partial charge in [-0.25, -0.2) is 0 Å². The van der Waals surface area contributed by atoms with E-state index in [-0.39, 0.29) is 17.5 Å². The molecule has 4 heterocycles. The zero-order valence-corrected chi connectivity index (χ0v) is 16.7. The normalized spacial score (nSPS) is 24.8. The topological polar surface area (TPSA) is 62.1 Å². The highest BCUT2D eigenvalue weighted by atomic mass is 16.6. The van der Waals surface area contributed by atoms with E-state index in [1.165, 1.54) is 5.69 Å². The smallest absolute Gasteiger partial charge is 0.312 e. The van der Waals surface area contributed by atoms with Crippen LogP contribution in [0.3, 0.4) is 0 Å². The summed E-state index contributed by atoms with van der Waals surface area (Å²) in [4.78, 5) is 19.8. The van der Waals surface area contributed by atoms with E-state index in [4.69, 9.17) is 9.26 Å². The van der Waals surface area contributed by atoms with Crippen LogP contribution in [0.2, 0.25) is 0 Å². The third kappa shape index (κ3) is 3.71. The van der Waals surface area contributed by atoms with E-state index < -0.39 is 0 Å². The second-order valence-corrected chi connectivity index (χ2v) is 8.47. The van der Waals surface area contributed by atoms with Gasteiger partial charge in [0, 0.05) is 64.0 Å². The fraction of sp³-hybridized carbons (Fsp3) is 0.545. The Morgan fingerprint density at radius 3 is 2.41 bits per heavy atom. The maximum absolute atomic E-state index is 12.7. The van der Waals surface area contributed by atoms with Gasteiger partial charge < -0.3 is 19.1 Å². The molecule has 154 valence electrons. The summed E-state index contributed by atoms with van der Waals surface area (Å²) in [5, 5.41) is 3.79. The van der Waals surface area contributed by atoms with E-state index in [0.717, 1.165) is 71.0 Å². The highest BCUT2D eigenvalue weighted by Gasteiger charge is 2.50. The Labute approximate surface area is 171 Å². The largest absolute Gasteiger partial charge is 0.461 e. The average Bonchev–Trinajstić information content (AvgIpc) is 3.39. The fourth-order valence-corrected chi connectivity index (χ4v) is 4.99. The van der Waals surface area contributed by atoms with E-state index >= 15 is 0 Å². The van der Waals surface area contributed by atoms with Crippen molar-refractivity contribution >= 4 is 17.5 Å². The minimum Gasteiger partial charge on any atom is -0.461 e.